The van der Waals surface area contributed by atoms with E-state index in [9.17, 15) is 0 Å². The molecule has 0 aliphatic heterocycles. The van der Waals surface area contributed by atoms with Crippen LogP contribution in [0.4, 0.5) is 0 Å². The number of nitrogens with zero attached hydrogens (tertiary/aromatic N) is 2. The molecule has 294 valence electrons. The molecule has 1 aliphatic carbocycles. The van der Waals surface area contributed by atoms with Gasteiger partial charge in [-0.05, 0) is 120 Å². The Morgan fingerprint density at radius 1 is 0.468 bits per heavy atom. The smallest absolute Gasteiger partial charge is 0.160 e. The van der Waals surface area contributed by atoms with Crippen LogP contribution in [0.2, 0.25) is 0 Å². The van der Waals surface area contributed by atoms with Gasteiger partial charge in [-0.3, -0.25) is 0 Å². The summed E-state index contributed by atoms with van der Waals surface area (Å²) in [6.45, 7) is 6.31. The lowest BCUT2D eigenvalue weighted by molar-refractivity contribution is 1.15. The van der Waals surface area contributed by atoms with Gasteiger partial charge in [0.1, 0.15) is 0 Å². The van der Waals surface area contributed by atoms with Crippen molar-refractivity contribution in [3.05, 3.63) is 241 Å². The number of rotatable bonds is 9. The average Bonchev–Trinajstić information content (AvgIpc) is 3.61. The summed E-state index contributed by atoms with van der Waals surface area (Å²) in [6.07, 6.45) is 16.0. The van der Waals surface area contributed by atoms with Crippen LogP contribution in [-0.4, -0.2) is 9.97 Å². The van der Waals surface area contributed by atoms with Crippen LogP contribution in [0.25, 0.3) is 101 Å². The lowest BCUT2D eigenvalue weighted by Crippen LogP contribution is -1.98. The van der Waals surface area contributed by atoms with Crippen molar-refractivity contribution in [3.63, 3.8) is 0 Å². The molecule has 0 amide bonds. The molecule has 0 saturated heterocycles. The zero-order chi connectivity index (χ0) is 41.8. The van der Waals surface area contributed by atoms with Crippen LogP contribution in [0.15, 0.2) is 219 Å². The first kappa shape index (κ1) is 38.3. The van der Waals surface area contributed by atoms with E-state index in [1.54, 1.807) is 0 Å². The molecular formula is C60H44N2. The number of benzene rings is 8. The Morgan fingerprint density at radius 3 is 1.79 bits per heavy atom. The molecule has 1 aliphatic rings. The highest BCUT2D eigenvalue weighted by Crippen LogP contribution is 2.40. The Balaban J connectivity index is 1.05. The van der Waals surface area contributed by atoms with E-state index in [1.807, 2.05) is 12.1 Å². The molecule has 0 spiro atoms. The molecule has 9 aromatic rings. The quantitative estimate of drug-likeness (QED) is 0.136. The molecule has 2 nitrogen and oxygen atoms in total. The maximum Gasteiger partial charge on any atom is 0.160 e. The molecule has 1 aromatic heterocycles. The molecule has 0 fully saturated rings. The Hall–Kier alpha value is -7.94. The van der Waals surface area contributed by atoms with E-state index in [-0.39, 0.29) is 0 Å². The highest BCUT2D eigenvalue weighted by Gasteiger charge is 2.17. The SMILES string of the molecule is C=Cc1c(/C=C\C)c2cc(-c3ccccc3C3=CC=CC(c4cc(-c5cccc(-c6ccccc6)c5)nc(-c5cccc(-c6ccccc6)c5)n4)=CC3)ccc2c2ccccc12. The van der Waals surface area contributed by atoms with Gasteiger partial charge in [-0.2, -0.15) is 0 Å². The van der Waals surface area contributed by atoms with Crippen molar-refractivity contribution in [2.24, 2.45) is 0 Å². The van der Waals surface area contributed by atoms with Crippen molar-refractivity contribution in [1.29, 1.82) is 0 Å². The van der Waals surface area contributed by atoms with E-state index in [1.165, 1.54) is 54.9 Å². The van der Waals surface area contributed by atoms with Gasteiger partial charge in [-0.15, -0.1) is 0 Å². The van der Waals surface area contributed by atoms with Crippen LogP contribution in [0.5, 0.6) is 0 Å². The molecule has 0 bridgehead atoms. The second-order valence-corrected chi connectivity index (χ2v) is 15.7. The molecule has 0 radical (unpaired) electrons. The molecular weight excluding hydrogens is 749 g/mol. The number of fused-ring (bicyclic) bond motifs is 3. The van der Waals surface area contributed by atoms with Gasteiger partial charge < -0.3 is 0 Å². The third kappa shape index (κ3) is 7.44. The second kappa shape index (κ2) is 17.0. The van der Waals surface area contributed by atoms with Crippen molar-refractivity contribution in [3.8, 4) is 56.0 Å². The normalized spacial score (nSPS) is 12.7. The van der Waals surface area contributed by atoms with Gasteiger partial charge in [-0.1, -0.05) is 207 Å². The fourth-order valence-electron chi connectivity index (χ4n) is 8.84. The van der Waals surface area contributed by atoms with Crippen molar-refractivity contribution in [1.82, 2.24) is 9.97 Å². The van der Waals surface area contributed by atoms with Gasteiger partial charge in [0.05, 0.1) is 11.4 Å². The first-order valence-corrected chi connectivity index (χ1v) is 21.3. The maximum absolute atomic E-state index is 5.29. The Bertz CT molecular complexity index is 3170. The standard InChI is InChI=1S/C60H44N2/c1-3-18-53-50(4-2)54-31-13-14-32-55(54)56-36-35-47(39-57(53)56)52-30-12-11-29-51(52)43-23-15-24-44(34-33-43)58-40-59(48-27-16-25-45(37-48)41-19-7-5-8-20-41)62-60(61-58)49-28-17-26-46(38-49)42-21-9-6-10-22-42/h3-32,34-40H,2,33H2,1H3/b18-3-. The summed E-state index contributed by atoms with van der Waals surface area (Å²) in [5, 5.41) is 4.92. The lowest BCUT2D eigenvalue weighted by Gasteiger charge is -2.16. The first-order valence-electron chi connectivity index (χ1n) is 21.3. The van der Waals surface area contributed by atoms with Crippen LogP contribution in [0.3, 0.4) is 0 Å². The molecule has 62 heavy (non-hydrogen) atoms. The summed E-state index contributed by atoms with van der Waals surface area (Å²) in [6, 6.07) is 64.7. The monoisotopic (exact) mass is 792 g/mol. The summed E-state index contributed by atoms with van der Waals surface area (Å²) < 4.78 is 0. The van der Waals surface area contributed by atoms with Gasteiger partial charge in [-0.25, -0.2) is 9.97 Å². The number of hydrogen-bond donors (Lipinski definition) is 0. The second-order valence-electron chi connectivity index (χ2n) is 15.7. The summed E-state index contributed by atoms with van der Waals surface area (Å²) >= 11 is 0. The fourth-order valence-corrected chi connectivity index (χ4v) is 8.84. The van der Waals surface area contributed by atoms with Gasteiger partial charge in [0.2, 0.25) is 0 Å². The zero-order valence-corrected chi connectivity index (χ0v) is 34.7. The zero-order valence-electron chi connectivity index (χ0n) is 34.7. The van der Waals surface area contributed by atoms with Crippen LogP contribution >= 0.6 is 0 Å². The maximum atomic E-state index is 5.29. The highest BCUT2D eigenvalue weighted by atomic mass is 14.9. The molecule has 0 saturated carbocycles. The molecule has 1 heterocycles. The number of aromatic nitrogens is 2. The van der Waals surface area contributed by atoms with Gasteiger partial charge in [0, 0.05) is 11.1 Å². The van der Waals surface area contributed by atoms with Gasteiger partial charge in [0.25, 0.3) is 0 Å². The van der Waals surface area contributed by atoms with Crippen molar-refractivity contribution in [2.45, 2.75) is 13.3 Å². The third-order valence-corrected chi connectivity index (χ3v) is 11.9. The van der Waals surface area contributed by atoms with E-state index < -0.39 is 0 Å². The topological polar surface area (TPSA) is 25.8 Å². The number of allylic oxidation sites excluding steroid dienone is 7. The molecule has 8 aromatic carbocycles. The van der Waals surface area contributed by atoms with Crippen LogP contribution in [0.1, 0.15) is 35.7 Å². The summed E-state index contributed by atoms with van der Waals surface area (Å²) in [7, 11) is 0. The minimum Gasteiger partial charge on any atom is -0.228 e. The van der Waals surface area contributed by atoms with E-state index in [0.29, 0.717) is 5.82 Å². The Labute approximate surface area is 364 Å². The predicted molar refractivity (Wildman–Crippen MR) is 265 cm³/mol. The molecule has 2 heteroatoms. The molecule has 10 rings (SSSR count). The molecule has 0 N–H and O–H groups in total. The van der Waals surface area contributed by atoms with Crippen LogP contribution < -0.4 is 0 Å². The summed E-state index contributed by atoms with van der Waals surface area (Å²) in [5.41, 5.74) is 16.6. The van der Waals surface area contributed by atoms with Crippen LogP contribution in [0, 0.1) is 0 Å². The Morgan fingerprint density at radius 2 is 1.06 bits per heavy atom. The highest BCUT2D eigenvalue weighted by molar-refractivity contribution is 6.15. The fraction of sp³-hybridized carbons (Fsp3) is 0.0333. The third-order valence-electron chi connectivity index (χ3n) is 11.9. The summed E-state index contributed by atoms with van der Waals surface area (Å²) in [4.78, 5) is 10.5. The molecule has 0 unspecified atom stereocenters. The minimum atomic E-state index is 0.693. The van der Waals surface area contributed by atoms with E-state index in [2.05, 4.69) is 226 Å². The average molecular weight is 793 g/mol. The lowest BCUT2D eigenvalue weighted by atomic mass is 9.87. The van der Waals surface area contributed by atoms with Crippen LogP contribution in [-0.2, 0) is 0 Å². The first-order chi connectivity index (χ1) is 30.6. The predicted octanol–water partition coefficient (Wildman–Crippen LogP) is 16.2. The minimum absolute atomic E-state index is 0.693. The van der Waals surface area contributed by atoms with Gasteiger partial charge >= 0.3 is 0 Å². The number of hydrogen-bond acceptors (Lipinski definition) is 2. The van der Waals surface area contributed by atoms with E-state index in [0.717, 1.165) is 56.8 Å². The van der Waals surface area contributed by atoms with Crippen molar-refractivity contribution < 1.29 is 0 Å². The Kier molecular flexibility index (Phi) is 10.5. The van der Waals surface area contributed by atoms with Gasteiger partial charge in [0.15, 0.2) is 5.82 Å². The van der Waals surface area contributed by atoms with E-state index in [4.69, 9.17) is 9.97 Å². The van der Waals surface area contributed by atoms with Crippen molar-refractivity contribution >= 4 is 44.8 Å². The largest absolute Gasteiger partial charge is 0.228 e. The molecule has 0 atom stereocenters. The van der Waals surface area contributed by atoms with Crippen molar-refractivity contribution in [2.75, 3.05) is 0 Å². The summed E-state index contributed by atoms with van der Waals surface area (Å²) in [5.74, 6) is 0.693. The van der Waals surface area contributed by atoms with E-state index >= 15 is 0 Å².